The number of ether oxygens (including phenoxy) is 2. The summed E-state index contributed by atoms with van der Waals surface area (Å²) < 4.78 is 10.3. The Kier molecular flexibility index (Phi) is 5.61. The van der Waals surface area contributed by atoms with Crippen molar-refractivity contribution in [1.82, 2.24) is 0 Å². The van der Waals surface area contributed by atoms with Crippen LogP contribution in [0.3, 0.4) is 0 Å². The van der Waals surface area contributed by atoms with Crippen LogP contribution in [0.2, 0.25) is 0 Å². The third kappa shape index (κ3) is 4.01. The number of ketones is 1. The molecular formula is C13H20N2O3. The molecule has 1 aromatic rings. The molecule has 0 aliphatic rings. The fourth-order valence-corrected chi connectivity index (χ4v) is 1.60. The van der Waals surface area contributed by atoms with E-state index >= 15 is 0 Å². The van der Waals surface area contributed by atoms with Crippen LogP contribution < -0.4 is 11.1 Å². The lowest BCUT2D eigenvalue weighted by Gasteiger charge is -2.16. The average molecular weight is 252 g/mol. The third-order valence-corrected chi connectivity index (χ3v) is 2.65. The van der Waals surface area contributed by atoms with Gasteiger partial charge in [-0.05, 0) is 25.1 Å². The Hall–Kier alpha value is -1.59. The number of hydrogen-bond donors (Lipinski definition) is 2. The van der Waals surface area contributed by atoms with Crippen molar-refractivity contribution in [3.05, 3.63) is 23.8 Å². The van der Waals surface area contributed by atoms with Crippen LogP contribution in [0.5, 0.6) is 0 Å². The van der Waals surface area contributed by atoms with Crippen molar-refractivity contribution in [2.75, 3.05) is 38.4 Å². The van der Waals surface area contributed by atoms with E-state index in [9.17, 15) is 4.79 Å². The first-order chi connectivity index (χ1) is 8.58. The molecule has 5 heteroatoms. The number of methoxy groups -OCH3 is 2. The number of nitrogen functional groups attached to an aromatic ring is 1. The van der Waals surface area contributed by atoms with Gasteiger partial charge < -0.3 is 20.5 Å². The monoisotopic (exact) mass is 252 g/mol. The number of carbonyl (C=O) groups is 1. The molecule has 0 bridgehead atoms. The minimum absolute atomic E-state index is 0.0340. The predicted octanol–water partition coefficient (Wildman–Crippen LogP) is 1.54. The van der Waals surface area contributed by atoms with E-state index < -0.39 is 0 Å². The third-order valence-electron chi connectivity index (χ3n) is 2.65. The molecule has 0 saturated heterocycles. The van der Waals surface area contributed by atoms with Gasteiger partial charge in [-0.15, -0.1) is 0 Å². The maximum atomic E-state index is 11.4. The van der Waals surface area contributed by atoms with Crippen molar-refractivity contribution in [3.63, 3.8) is 0 Å². The highest BCUT2D eigenvalue weighted by molar-refractivity contribution is 5.99. The molecule has 0 heterocycles. The molecule has 1 rings (SSSR count). The molecule has 0 aliphatic carbocycles. The molecule has 0 amide bonds. The van der Waals surface area contributed by atoms with E-state index in [2.05, 4.69) is 5.32 Å². The van der Waals surface area contributed by atoms with Gasteiger partial charge in [-0.3, -0.25) is 4.79 Å². The number of anilines is 2. The van der Waals surface area contributed by atoms with E-state index in [-0.39, 0.29) is 11.9 Å². The quantitative estimate of drug-likeness (QED) is 0.569. The van der Waals surface area contributed by atoms with Crippen LogP contribution in [0, 0.1) is 0 Å². The molecule has 3 N–H and O–H groups in total. The maximum absolute atomic E-state index is 11.4. The number of nitrogens with two attached hydrogens (primary N) is 1. The van der Waals surface area contributed by atoms with Crippen LogP contribution in [-0.4, -0.2) is 39.3 Å². The molecule has 0 aliphatic heterocycles. The van der Waals surface area contributed by atoms with Gasteiger partial charge in [-0.1, -0.05) is 0 Å². The Morgan fingerprint density at radius 2 is 2.17 bits per heavy atom. The van der Waals surface area contributed by atoms with Crippen molar-refractivity contribution in [2.24, 2.45) is 0 Å². The summed E-state index contributed by atoms with van der Waals surface area (Å²) >= 11 is 0. The summed E-state index contributed by atoms with van der Waals surface area (Å²) in [4.78, 5) is 11.4. The average Bonchev–Trinajstić information content (AvgIpc) is 2.35. The Morgan fingerprint density at radius 3 is 2.72 bits per heavy atom. The lowest BCUT2D eigenvalue weighted by Crippen LogP contribution is -2.26. The summed E-state index contributed by atoms with van der Waals surface area (Å²) in [5.74, 6) is -0.0451. The largest absolute Gasteiger partial charge is 0.398 e. The molecular weight excluding hydrogens is 232 g/mol. The molecule has 100 valence electrons. The number of hydrogen-bond acceptors (Lipinski definition) is 5. The first-order valence-corrected chi connectivity index (χ1v) is 5.74. The van der Waals surface area contributed by atoms with E-state index in [0.717, 1.165) is 5.69 Å². The van der Waals surface area contributed by atoms with E-state index in [1.165, 1.54) is 6.92 Å². The Morgan fingerprint density at radius 1 is 1.44 bits per heavy atom. The summed E-state index contributed by atoms with van der Waals surface area (Å²) in [6.07, 6.45) is -0.0340. The van der Waals surface area contributed by atoms with Gasteiger partial charge in [0.05, 0.1) is 12.7 Å². The first kappa shape index (κ1) is 14.5. The van der Waals surface area contributed by atoms with Crippen LogP contribution >= 0.6 is 0 Å². The summed E-state index contributed by atoms with van der Waals surface area (Å²) in [6, 6.07) is 5.30. The lowest BCUT2D eigenvalue weighted by molar-refractivity contribution is 0.0365. The molecule has 1 atom stereocenters. The van der Waals surface area contributed by atoms with E-state index in [0.29, 0.717) is 24.4 Å². The molecule has 1 aromatic carbocycles. The lowest BCUT2D eigenvalue weighted by atomic mass is 10.1. The predicted molar refractivity (Wildman–Crippen MR) is 72.0 cm³/mol. The van der Waals surface area contributed by atoms with E-state index in [4.69, 9.17) is 15.2 Å². The Bertz CT molecular complexity index is 407. The topological polar surface area (TPSA) is 73.6 Å². The van der Waals surface area contributed by atoms with Crippen LogP contribution in [0.15, 0.2) is 18.2 Å². The number of carbonyl (C=O) groups excluding carboxylic acids is 1. The minimum Gasteiger partial charge on any atom is -0.398 e. The van der Waals surface area contributed by atoms with Gasteiger partial charge in [0.2, 0.25) is 0 Å². The zero-order chi connectivity index (χ0) is 13.5. The smallest absolute Gasteiger partial charge is 0.161 e. The highest BCUT2D eigenvalue weighted by Crippen LogP contribution is 2.18. The van der Waals surface area contributed by atoms with Gasteiger partial charge in [0.25, 0.3) is 0 Å². The minimum atomic E-state index is -0.0451. The highest BCUT2D eigenvalue weighted by Gasteiger charge is 2.08. The molecule has 0 fully saturated rings. The summed E-state index contributed by atoms with van der Waals surface area (Å²) in [5.41, 5.74) is 7.59. The van der Waals surface area contributed by atoms with Crippen LogP contribution in [0.4, 0.5) is 11.4 Å². The van der Waals surface area contributed by atoms with Gasteiger partial charge in [-0.25, -0.2) is 0 Å². The second kappa shape index (κ2) is 6.98. The van der Waals surface area contributed by atoms with E-state index in [1.54, 1.807) is 26.4 Å². The number of benzene rings is 1. The Labute approximate surface area is 107 Å². The standard InChI is InChI=1S/C13H20N2O3/c1-9(16)12-6-10(4-5-13(12)14)15-7-11(18-3)8-17-2/h4-6,11,15H,7-8,14H2,1-3H3. The van der Waals surface area contributed by atoms with Gasteiger partial charge in [0.1, 0.15) is 0 Å². The zero-order valence-electron chi connectivity index (χ0n) is 11.0. The molecule has 0 spiro atoms. The normalized spacial score (nSPS) is 12.2. The van der Waals surface area contributed by atoms with Crippen molar-refractivity contribution in [1.29, 1.82) is 0 Å². The fraction of sp³-hybridized carbons (Fsp3) is 0.462. The van der Waals surface area contributed by atoms with Crippen molar-refractivity contribution < 1.29 is 14.3 Å². The summed E-state index contributed by atoms with van der Waals surface area (Å²) in [5, 5.41) is 3.19. The molecule has 5 nitrogen and oxygen atoms in total. The SMILES string of the molecule is COCC(CNc1ccc(N)c(C(C)=O)c1)OC. The first-order valence-electron chi connectivity index (χ1n) is 5.74. The van der Waals surface area contributed by atoms with Gasteiger partial charge in [0.15, 0.2) is 5.78 Å². The highest BCUT2D eigenvalue weighted by atomic mass is 16.5. The number of Topliss-reactive ketones (excluding diaryl/α,β-unsaturated/α-hetero) is 1. The fourth-order valence-electron chi connectivity index (χ4n) is 1.60. The van der Waals surface area contributed by atoms with Gasteiger partial charge >= 0.3 is 0 Å². The second-order valence-electron chi connectivity index (χ2n) is 4.05. The number of nitrogens with one attached hydrogen (secondary N) is 1. The summed E-state index contributed by atoms with van der Waals surface area (Å²) in [6.45, 7) is 2.61. The number of rotatable bonds is 7. The van der Waals surface area contributed by atoms with Crippen molar-refractivity contribution >= 4 is 17.2 Å². The second-order valence-corrected chi connectivity index (χ2v) is 4.05. The zero-order valence-corrected chi connectivity index (χ0v) is 11.0. The molecule has 18 heavy (non-hydrogen) atoms. The van der Waals surface area contributed by atoms with Gasteiger partial charge in [0, 0.05) is 37.7 Å². The van der Waals surface area contributed by atoms with Crippen molar-refractivity contribution in [3.8, 4) is 0 Å². The van der Waals surface area contributed by atoms with Crippen LogP contribution in [0.25, 0.3) is 0 Å². The van der Waals surface area contributed by atoms with Crippen LogP contribution in [0.1, 0.15) is 17.3 Å². The van der Waals surface area contributed by atoms with Crippen LogP contribution in [-0.2, 0) is 9.47 Å². The molecule has 0 saturated carbocycles. The molecule has 0 radical (unpaired) electrons. The molecule has 0 aromatic heterocycles. The maximum Gasteiger partial charge on any atom is 0.161 e. The Balaban J connectivity index is 2.67. The van der Waals surface area contributed by atoms with E-state index in [1.807, 2.05) is 6.07 Å². The summed E-state index contributed by atoms with van der Waals surface area (Å²) in [7, 11) is 3.26. The van der Waals surface area contributed by atoms with Gasteiger partial charge in [-0.2, -0.15) is 0 Å². The molecule has 1 unspecified atom stereocenters. The van der Waals surface area contributed by atoms with Crippen molar-refractivity contribution in [2.45, 2.75) is 13.0 Å².